The Kier molecular flexibility index (Phi) is 6.82. The fourth-order valence-electron chi connectivity index (χ4n) is 3.57. The molecule has 9 nitrogen and oxygen atoms in total. The van der Waals surface area contributed by atoms with Gasteiger partial charge in [0.05, 0.1) is 10.9 Å². The van der Waals surface area contributed by atoms with Crippen molar-refractivity contribution >= 4 is 28.4 Å². The molecule has 0 aliphatic carbocycles. The average Bonchev–Trinajstić information content (AvgIpc) is 3.16. The Labute approximate surface area is 179 Å². The monoisotopic (exact) mass is 453 g/mol. The van der Waals surface area contributed by atoms with E-state index in [0.717, 1.165) is 19.5 Å². The van der Waals surface area contributed by atoms with Gasteiger partial charge in [-0.25, -0.2) is 9.31 Å². The summed E-state index contributed by atoms with van der Waals surface area (Å²) in [6.45, 7) is 2.77. The number of hydrogen-bond acceptors (Lipinski definition) is 5. The molecule has 0 radical (unpaired) electrons. The number of amides is 1. The molecule has 1 atom stereocenters. The minimum absolute atomic E-state index is 0.180. The minimum Gasteiger partial charge on any atom is -0.475 e. The van der Waals surface area contributed by atoms with Crippen molar-refractivity contribution in [2.45, 2.75) is 19.0 Å². The van der Waals surface area contributed by atoms with Crippen molar-refractivity contribution in [2.75, 3.05) is 26.7 Å². The highest BCUT2D eigenvalue weighted by molar-refractivity contribution is 5.94. The van der Waals surface area contributed by atoms with Crippen molar-refractivity contribution in [1.29, 1.82) is 0 Å². The molecular weight excluding hydrogens is 431 g/mol. The smallest absolute Gasteiger partial charge is 0.475 e. The van der Waals surface area contributed by atoms with Crippen molar-refractivity contribution in [3.8, 4) is 0 Å². The molecule has 0 spiro atoms. The molecule has 1 aliphatic rings. The standard InChI is InChI=1S/C18H21N5O2.C2HF3O2/c1-22-8-4-5-12(11-22)10-19-18(25)14-9-16-20-17(24)13-6-2-3-7-15(13)23(16)21-14;3-2(4,5)1(6)7/h2-3,6-7,9,12H,4-5,8,10-11H2,1H3,(H,19,25)(H,20,24);(H,6,7). The topological polar surface area (TPSA) is 120 Å². The predicted molar refractivity (Wildman–Crippen MR) is 110 cm³/mol. The Morgan fingerprint density at radius 3 is 2.66 bits per heavy atom. The van der Waals surface area contributed by atoms with E-state index >= 15 is 0 Å². The van der Waals surface area contributed by atoms with Crippen LogP contribution in [-0.2, 0) is 4.79 Å². The van der Waals surface area contributed by atoms with Crippen molar-refractivity contribution < 1.29 is 27.9 Å². The largest absolute Gasteiger partial charge is 0.490 e. The van der Waals surface area contributed by atoms with E-state index in [1.165, 1.54) is 6.42 Å². The van der Waals surface area contributed by atoms with Crippen molar-refractivity contribution in [3.63, 3.8) is 0 Å². The summed E-state index contributed by atoms with van der Waals surface area (Å²) < 4.78 is 33.3. The van der Waals surface area contributed by atoms with Gasteiger partial charge in [-0.1, -0.05) is 12.1 Å². The molecule has 0 bridgehead atoms. The number of carboxylic acid groups (broad SMARTS) is 1. The second kappa shape index (κ2) is 9.39. The molecular formula is C20H22F3N5O4. The van der Waals surface area contributed by atoms with Gasteiger partial charge in [0.15, 0.2) is 5.69 Å². The Morgan fingerprint density at radius 1 is 1.31 bits per heavy atom. The number of alkyl halides is 3. The number of nitrogens with zero attached hydrogens (tertiary/aromatic N) is 3. The van der Waals surface area contributed by atoms with E-state index in [9.17, 15) is 22.8 Å². The number of aromatic nitrogens is 3. The lowest BCUT2D eigenvalue weighted by atomic mass is 9.98. The van der Waals surface area contributed by atoms with Gasteiger partial charge in [0.1, 0.15) is 5.65 Å². The van der Waals surface area contributed by atoms with Gasteiger partial charge in [-0.2, -0.15) is 18.3 Å². The molecule has 1 aliphatic heterocycles. The van der Waals surface area contributed by atoms with Gasteiger partial charge >= 0.3 is 12.1 Å². The summed E-state index contributed by atoms with van der Waals surface area (Å²) in [4.78, 5) is 38.6. The first-order chi connectivity index (χ1) is 15.1. The SMILES string of the molecule is CN1CCCC(CNC(=O)c2cc3[nH]c(=O)c4ccccc4n3n2)C1.O=C(O)C(F)(F)F. The number of piperidine rings is 1. The van der Waals surface area contributed by atoms with Crippen LogP contribution in [0.1, 0.15) is 23.3 Å². The van der Waals surface area contributed by atoms with Crippen LogP contribution in [-0.4, -0.2) is 69.3 Å². The highest BCUT2D eigenvalue weighted by Gasteiger charge is 2.38. The molecule has 1 aromatic carbocycles. The third kappa shape index (κ3) is 5.44. The average molecular weight is 453 g/mol. The van der Waals surface area contributed by atoms with Gasteiger partial charge in [0.2, 0.25) is 0 Å². The quantitative estimate of drug-likeness (QED) is 0.557. The Hall–Kier alpha value is -3.41. The Morgan fingerprint density at radius 2 is 2.00 bits per heavy atom. The van der Waals surface area contributed by atoms with Gasteiger partial charge in [0.25, 0.3) is 11.5 Å². The van der Waals surface area contributed by atoms with Crippen LogP contribution in [0, 0.1) is 5.92 Å². The zero-order valence-corrected chi connectivity index (χ0v) is 17.1. The van der Waals surface area contributed by atoms with Crippen LogP contribution in [0.25, 0.3) is 16.6 Å². The molecule has 0 saturated carbocycles. The fraction of sp³-hybridized carbons (Fsp3) is 0.400. The molecule has 12 heteroatoms. The lowest BCUT2D eigenvalue weighted by Gasteiger charge is -2.29. The Bertz CT molecular complexity index is 1190. The van der Waals surface area contributed by atoms with Crippen LogP contribution in [0.5, 0.6) is 0 Å². The Balaban J connectivity index is 0.000000360. The summed E-state index contributed by atoms with van der Waals surface area (Å²) in [5.74, 6) is -2.49. The van der Waals surface area contributed by atoms with E-state index in [2.05, 4.69) is 27.3 Å². The molecule has 172 valence electrons. The van der Waals surface area contributed by atoms with E-state index in [4.69, 9.17) is 9.90 Å². The maximum absolute atomic E-state index is 12.5. The first kappa shape index (κ1) is 23.3. The van der Waals surface area contributed by atoms with Crippen LogP contribution in [0.2, 0.25) is 0 Å². The number of H-pyrrole nitrogens is 1. The number of likely N-dealkylation sites (tertiary alicyclic amines) is 1. The van der Waals surface area contributed by atoms with E-state index in [-0.39, 0.29) is 11.5 Å². The highest BCUT2D eigenvalue weighted by atomic mass is 19.4. The summed E-state index contributed by atoms with van der Waals surface area (Å²) in [7, 11) is 2.11. The van der Waals surface area contributed by atoms with Crippen LogP contribution < -0.4 is 10.9 Å². The second-order valence-electron chi connectivity index (χ2n) is 7.58. The molecule has 2 aromatic heterocycles. The van der Waals surface area contributed by atoms with Crippen LogP contribution in [0.15, 0.2) is 35.1 Å². The summed E-state index contributed by atoms with van der Waals surface area (Å²) in [6.07, 6.45) is -2.79. The third-order valence-electron chi connectivity index (χ3n) is 5.08. The number of aliphatic carboxylic acids is 1. The zero-order valence-electron chi connectivity index (χ0n) is 17.1. The number of para-hydroxylation sites is 1. The van der Waals surface area contributed by atoms with Gasteiger partial charge in [-0.15, -0.1) is 0 Å². The minimum atomic E-state index is -5.08. The number of carboxylic acids is 1. The normalized spacial score (nSPS) is 17.1. The van der Waals surface area contributed by atoms with Crippen molar-refractivity contribution in [1.82, 2.24) is 24.8 Å². The third-order valence-corrected chi connectivity index (χ3v) is 5.08. The molecule has 32 heavy (non-hydrogen) atoms. The lowest BCUT2D eigenvalue weighted by molar-refractivity contribution is -0.192. The summed E-state index contributed by atoms with van der Waals surface area (Å²) >= 11 is 0. The molecule has 1 saturated heterocycles. The van der Waals surface area contributed by atoms with Gasteiger partial charge in [0, 0.05) is 19.2 Å². The molecule has 3 aromatic rings. The number of aromatic amines is 1. The molecule has 1 unspecified atom stereocenters. The molecule has 3 heterocycles. The molecule has 1 fully saturated rings. The first-order valence-electron chi connectivity index (χ1n) is 9.84. The number of carbonyl (C=O) groups is 2. The lowest BCUT2D eigenvalue weighted by Crippen LogP contribution is -2.39. The number of nitrogens with one attached hydrogen (secondary N) is 2. The van der Waals surface area contributed by atoms with E-state index in [1.54, 1.807) is 16.6 Å². The predicted octanol–water partition coefficient (Wildman–Crippen LogP) is 1.88. The van der Waals surface area contributed by atoms with Gasteiger partial charge in [-0.05, 0) is 44.5 Å². The van der Waals surface area contributed by atoms with Crippen LogP contribution in [0.4, 0.5) is 13.2 Å². The molecule has 1 amide bonds. The maximum atomic E-state index is 12.5. The molecule has 4 rings (SSSR count). The fourth-order valence-corrected chi connectivity index (χ4v) is 3.57. The van der Waals surface area contributed by atoms with Crippen LogP contribution >= 0.6 is 0 Å². The molecule has 3 N–H and O–H groups in total. The van der Waals surface area contributed by atoms with Crippen LogP contribution in [0.3, 0.4) is 0 Å². The maximum Gasteiger partial charge on any atom is 0.490 e. The van der Waals surface area contributed by atoms with Gasteiger partial charge in [-0.3, -0.25) is 9.59 Å². The van der Waals surface area contributed by atoms with Crippen molar-refractivity contribution in [2.24, 2.45) is 5.92 Å². The number of carbonyl (C=O) groups excluding carboxylic acids is 1. The first-order valence-corrected chi connectivity index (χ1v) is 9.84. The zero-order chi connectivity index (χ0) is 23.5. The second-order valence-corrected chi connectivity index (χ2v) is 7.58. The summed E-state index contributed by atoms with van der Waals surface area (Å²) in [5, 5.41) is 15.0. The van der Waals surface area contributed by atoms with E-state index in [0.29, 0.717) is 34.7 Å². The highest BCUT2D eigenvalue weighted by Crippen LogP contribution is 2.15. The van der Waals surface area contributed by atoms with E-state index < -0.39 is 12.1 Å². The van der Waals surface area contributed by atoms with E-state index in [1.807, 2.05) is 18.2 Å². The van der Waals surface area contributed by atoms with Crippen molar-refractivity contribution in [3.05, 3.63) is 46.4 Å². The van der Waals surface area contributed by atoms with Gasteiger partial charge < -0.3 is 20.3 Å². The number of rotatable bonds is 3. The number of benzene rings is 1. The number of halogens is 3. The summed E-state index contributed by atoms with van der Waals surface area (Å²) in [6, 6.07) is 8.85. The number of hydrogen-bond donors (Lipinski definition) is 3. The summed E-state index contributed by atoms with van der Waals surface area (Å²) in [5.41, 5.74) is 1.34. The number of fused-ring (bicyclic) bond motifs is 3.